The molecule has 0 aromatic carbocycles. The van der Waals surface area contributed by atoms with Gasteiger partial charge in [0.15, 0.2) is 17.8 Å². The van der Waals surface area contributed by atoms with E-state index >= 15 is 0 Å². The van der Waals surface area contributed by atoms with Crippen LogP contribution in [-0.2, 0) is 40.9 Å². The summed E-state index contributed by atoms with van der Waals surface area (Å²) in [6, 6.07) is -1.50. The van der Waals surface area contributed by atoms with Gasteiger partial charge in [-0.25, -0.2) is 4.98 Å². The molecule has 0 radical (unpaired) electrons. The molecule has 4 N–H and O–H groups in total. The van der Waals surface area contributed by atoms with Gasteiger partial charge in [-0.2, -0.15) is 12.7 Å². The largest absolute Gasteiger partial charge is 0.438 e. The molecule has 15 heteroatoms. The smallest absolute Gasteiger partial charge is 0.365 e. The molecule has 13 nitrogen and oxygen atoms in total. The molecule has 1 aliphatic heterocycles. The lowest BCUT2D eigenvalue weighted by Gasteiger charge is -2.42. The fourth-order valence-corrected chi connectivity index (χ4v) is 3.19. The molecule has 2 heterocycles. The van der Waals surface area contributed by atoms with Crippen molar-refractivity contribution < 1.29 is 36.9 Å². The van der Waals surface area contributed by atoms with Crippen LogP contribution in [-0.4, -0.2) is 58.5 Å². The molecule has 0 bridgehead atoms. The number of aromatic nitrogens is 1. The topological polar surface area (TPSA) is 191 Å². The van der Waals surface area contributed by atoms with Crippen molar-refractivity contribution in [3.8, 4) is 0 Å². The van der Waals surface area contributed by atoms with Crippen LogP contribution in [0.1, 0.15) is 12.6 Å². The van der Waals surface area contributed by atoms with Gasteiger partial charge in [-0.1, -0.05) is 5.16 Å². The van der Waals surface area contributed by atoms with E-state index in [1.54, 1.807) is 5.38 Å². The van der Waals surface area contributed by atoms with E-state index in [0.717, 1.165) is 6.92 Å². The zero-order chi connectivity index (χ0) is 19.5. The number of amides is 2. The quantitative estimate of drug-likeness (QED) is 0.153. The fourth-order valence-electron chi connectivity index (χ4n) is 1.87. The number of anilines is 1. The monoisotopic (exact) mass is 407 g/mol. The number of thiazole rings is 1. The van der Waals surface area contributed by atoms with Crippen molar-refractivity contribution in [1.29, 1.82) is 0 Å². The minimum atomic E-state index is -4.95. The van der Waals surface area contributed by atoms with Gasteiger partial charge < -0.3 is 20.6 Å². The van der Waals surface area contributed by atoms with Crippen LogP contribution < -0.4 is 11.1 Å². The molecule has 1 aliphatic rings. The lowest BCUT2D eigenvalue weighted by Crippen LogP contribution is -2.73. The number of carbonyl (C=O) groups is 3. The van der Waals surface area contributed by atoms with Crippen LogP contribution in [0.5, 0.6) is 0 Å². The van der Waals surface area contributed by atoms with Gasteiger partial charge in [-0.05, 0) is 0 Å². The van der Waals surface area contributed by atoms with E-state index in [-0.39, 0.29) is 10.9 Å². The highest BCUT2D eigenvalue weighted by atomic mass is 32.2. The first-order valence-electron chi connectivity index (χ1n) is 6.73. The summed E-state index contributed by atoms with van der Waals surface area (Å²) in [5.41, 5.74) is 5.92. The van der Waals surface area contributed by atoms with Gasteiger partial charge in [0.25, 0.3) is 11.8 Å². The van der Waals surface area contributed by atoms with Crippen LogP contribution in [0.3, 0.4) is 0 Å². The number of esters is 1. The summed E-state index contributed by atoms with van der Waals surface area (Å²) in [5.74, 6) is -3.03. The number of hydrogen-bond donors (Lipinski definition) is 3. The highest BCUT2D eigenvalue weighted by molar-refractivity contribution is 7.84. The Morgan fingerprint density at radius 2 is 2.27 bits per heavy atom. The molecule has 2 rings (SSSR count). The number of nitrogens with zero attached hydrogens (tertiary/aromatic N) is 3. The van der Waals surface area contributed by atoms with Crippen LogP contribution in [0.4, 0.5) is 5.13 Å². The molecule has 1 aromatic heterocycles. The van der Waals surface area contributed by atoms with E-state index in [4.69, 9.17) is 15.1 Å². The van der Waals surface area contributed by atoms with Crippen LogP contribution in [0.15, 0.2) is 10.5 Å². The molecule has 0 saturated carbocycles. The van der Waals surface area contributed by atoms with Crippen LogP contribution >= 0.6 is 11.3 Å². The Labute approximate surface area is 150 Å². The van der Waals surface area contributed by atoms with Crippen molar-refractivity contribution in [2.24, 2.45) is 5.16 Å². The third-order valence-corrected chi connectivity index (χ3v) is 4.47. The highest BCUT2D eigenvalue weighted by Gasteiger charge is 2.56. The molecule has 26 heavy (non-hydrogen) atoms. The molecule has 142 valence electrons. The Kier molecular flexibility index (Phi) is 5.73. The molecule has 1 saturated heterocycles. The van der Waals surface area contributed by atoms with Gasteiger partial charge >= 0.3 is 16.3 Å². The number of ether oxygens (including phenoxy) is 1. The predicted molar refractivity (Wildman–Crippen MR) is 85.7 cm³/mol. The Morgan fingerprint density at radius 3 is 2.81 bits per heavy atom. The number of nitrogen functional groups attached to an aromatic ring is 1. The molecular weight excluding hydrogens is 394 g/mol. The summed E-state index contributed by atoms with van der Waals surface area (Å²) in [6.45, 7) is 0.914. The van der Waals surface area contributed by atoms with Crippen molar-refractivity contribution in [3.05, 3.63) is 11.1 Å². The summed E-state index contributed by atoms with van der Waals surface area (Å²) < 4.78 is 35.7. The van der Waals surface area contributed by atoms with Crippen LogP contribution in [0, 0.1) is 0 Å². The molecule has 0 spiro atoms. The summed E-state index contributed by atoms with van der Waals surface area (Å²) in [5, 5.41) is 7.41. The van der Waals surface area contributed by atoms with Gasteiger partial charge in [0.2, 0.25) is 6.23 Å². The molecule has 2 amide bonds. The lowest BCUT2D eigenvalue weighted by molar-refractivity contribution is -0.178. The molecular formula is C11H13N5O8S2. The number of carbonyl (C=O) groups excluding carboxylic acids is 3. The maximum atomic E-state index is 11.7. The second-order valence-electron chi connectivity index (χ2n) is 4.78. The normalized spacial score (nSPS) is 19.9. The molecule has 1 aromatic rings. The molecule has 0 unspecified atom stereocenters. The van der Waals surface area contributed by atoms with Gasteiger partial charge in [0, 0.05) is 12.3 Å². The minimum Gasteiger partial charge on any atom is -0.438 e. The number of β-lactam (4-membered cyclic amide) rings is 1. The summed E-state index contributed by atoms with van der Waals surface area (Å²) in [6.07, 6.45) is -1.02. The van der Waals surface area contributed by atoms with Gasteiger partial charge in [0.05, 0.1) is 5.69 Å². The fraction of sp³-hybridized carbons (Fsp3) is 0.364. The number of nitrogens with two attached hydrogens (primary N) is 1. The Morgan fingerprint density at radius 1 is 1.58 bits per heavy atom. The van der Waals surface area contributed by atoms with E-state index in [1.807, 2.05) is 0 Å². The van der Waals surface area contributed by atoms with Crippen molar-refractivity contribution >= 4 is 50.8 Å². The number of hydrogen-bond acceptors (Lipinski definition) is 11. The number of rotatable bonds is 7. The van der Waals surface area contributed by atoms with E-state index in [2.05, 4.69) is 20.2 Å². The predicted octanol–water partition coefficient (Wildman–Crippen LogP) is -1.75. The van der Waals surface area contributed by atoms with Gasteiger partial charge in [0.1, 0.15) is 6.21 Å². The van der Waals surface area contributed by atoms with Crippen molar-refractivity contribution in [2.45, 2.75) is 25.8 Å². The van der Waals surface area contributed by atoms with Crippen molar-refractivity contribution in [3.63, 3.8) is 0 Å². The summed E-state index contributed by atoms with van der Waals surface area (Å²) in [4.78, 5) is 43.1. The summed E-state index contributed by atoms with van der Waals surface area (Å²) in [7, 11) is -4.95. The van der Waals surface area contributed by atoms with Gasteiger partial charge in [-0.3, -0.25) is 18.9 Å². The van der Waals surface area contributed by atoms with Crippen molar-refractivity contribution in [2.75, 3.05) is 5.73 Å². The Bertz CT molecular complexity index is 851. The SMILES string of the molecule is CC(=O)O[C@@H]1[C@@H](NC(=O)C=NOCc2csc(N)n2)C(=O)N1S(=O)(=O)O. The van der Waals surface area contributed by atoms with E-state index in [0.29, 0.717) is 17.0 Å². The molecule has 2 atom stereocenters. The van der Waals surface area contributed by atoms with Crippen LogP contribution in [0.2, 0.25) is 0 Å². The standard InChI is InChI=1S/C11H13N5O8S2/c1-5(17)24-10-8(9(19)16(10)26(20,21)22)15-7(18)2-13-23-3-6-4-25-11(12)14-6/h2,4,8,10H,3H2,1H3,(H2,12,14)(H,15,18)(H,20,21,22)/t8-,10+/m0/s1. The molecule has 0 aliphatic carbocycles. The maximum absolute atomic E-state index is 11.7. The minimum absolute atomic E-state index is 0.0492. The summed E-state index contributed by atoms with van der Waals surface area (Å²) >= 11 is 1.20. The second-order valence-corrected chi connectivity index (χ2v) is 6.96. The second kappa shape index (κ2) is 7.63. The first-order valence-corrected chi connectivity index (χ1v) is 9.01. The first-order chi connectivity index (χ1) is 12.1. The number of nitrogens with one attached hydrogen (secondary N) is 1. The lowest BCUT2D eigenvalue weighted by atomic mass is 10.1. The van der Waals surface area contributed by atoms with Crippen LogP contribution in [0.25, 0.3) is 0 Å². The Hall–Kier alpha value is -2.78. The maximum Gasteiger partial charge on any atom is 0.365 e. The van der Waals surface area contributed by atoms with Crippen molar-refractivity contribution in [1.82, 2.24) is 14.6 Å². The first kappa shape index (κ1) is 19.5. The average Bonchev–Trinajstić information content (AvgIpc) is 2.92. The average molecular weight is 407 g/mol. The third kappa shape index (κ3) is 4.64. The highest BCUT2D eigenvalue weighted by Crippen LogP contribution is 2.24. The van der Waals surface area contributed by atoms with Gasteiger partial charge in [-0.15, -0.1) is 11.3 Å². The zero-order valence-electron chi connectivity index (χ0n) is 13.1. The third-order valence-electron chi connectivity index (χ3n) is 2.86. The Balaban J connectivity index is 1.91. The molecule has 1 fully saturated rings. The zero-order valence-corrected chi connectivity index (χ0v) is 14.7. The van der Waals surface area contributed by atoms with E-state index < -0.39 is 40.4 Å². The van der Waals surface area contributed by atoms with E-state index in [9.17, 15) is 22.8 Å². The van der Waals surface area contributed by atoms with E-state index in [1.165, 1.54) is 11.3 Å². The number of oxime groups is 1.